The van der Waals surface area contributed by atoms with Crippen molar-refractivity contribution in [3.63, 3.8) is 0 Å². The summed E-state index contributed by atoms with van der Waals surface area (Å²) >= 11 is 0. The van der Waals surface area contributed by atoms with E-state index < -0.39 is 0 Å². The van der Waals surface area contributed by atoms with E-state index in [1.54, 1.807) is 6.07 Å². The third kappa shape index (κ3) is 1.41. The van der Waals surface area contributed by atoms with Gasteiger partial charge in [-0.15, -0.1) is 0 Å². The van der Waals surface area contributed by atoms with Crippen LogP contribution in [0.4, 0.5) is 4.39 Å². The molecule has 16 heavy (non-hydrogen) atoms. The molecule has 1 fully saturated rings. The first-order valence-electron chi connectivity index (χ1n) is 5.54. The lowest BCUT2D eigenvalue weighted by Gasteiger charge is -2.18. The van der Waals surface area contributed by atoms with E-state index in [-0.39, 0.29) is 11.2 Å². The number of rotatable bonds is 1. The van der Waals surface area contributed by atoms with Gasteiger partial charge in [0.2, 0.25) is 0 Å². The largest absolute Gasteiger partial charge is 0.341 e. The molecule has 0 spiro atoms. The molecule has 3 rings (SSSR count). The number of nitrogens with zero attached hydrogens (tertiary/aromatic N) is 1. The highest BCUT2D eigenvalue weighted by molar-refractivity contribution is 5.75. The van der Waals surface area contributed by atoms with Gasteiger partial charge in [0.15, 0.2) is 0 Å². The van der Waals surface area contributed by atoms with Gasteiger partial charge in [-0.3, -0.25) is 0 Å². The van der Waals surface area contributed by atoms with Gasteiger partial charge in [-0.25, -0.2) is 9.37 Å². The number of hydrogen-bond donors (Lipinski definition) is 2. The quantitative estimate of drug-likeness (QED) is 0.769. The molecule has 1 unspecified atom stereocenters. The third-order valence-electron chi connectivity index (χ3n) is 3.38. The van der Waals surface area contributed by atoms with Gasteiger partial charge in [0.1, 0.15) is 11.6 Å². The second-order valence-corrected chi connectivity index (χ2v) is 4.73. The van der Waals surface area contributed by atoms with Crippen LogP contribution in [0.3, 0.4) is 0 Å². The molecule has 1 aliphatic rings. The SMILES string of the molecule is CC1(c2nc3ccc(F)cc3[nH]2)CCNC1. The van der Waals surface area contributed by atoms with Gasteiger partial charge in [-0.05, 0) is 31.2 Å². The molecular formula is C12H14FN3. The first kappa shape index (κ1) is 9.78. The molecule has 1 saturated heterocycles. The summed E-state index contributed by atoms with van der Waals surface area (Å²) < 4.78 is 13.1. The molecule has 4 heteroatoms. The lowest BCUT2D eigenvalue weighted by atomic mass is 9.89. The number of fused-ring (bicyclic) bond motifs is 1. The molecule has 0 aliphatic carbocycles. The standard InChI is InChI=1S/C12H14FN3/c1-12(4-5-14-7-12)11-15-9-3-2-8(13)6-10(9)16-11/h2-3,6,14H,4-5,7H2,1H3,(H,15,16). The van der Waals surface area contributed by atoms with Gasteiger partial charge < -0.3 is 10.3 Å². The van der Waals surface area contributed by atoms with E-state index >= 15 is 0 Å². The maximum Gasteiger partial charge on any atom is 0.125 e. The second kappa shape index (κ2) is 3.28. The van der Waals surface area contributed by atoms with Gasteiger partial charge in [0, 0.05) is 12.0 Å². The van der Waals surface area contributed by atoms with Crippen molar-refractivity contribution in [2.75, 3.05) is 13.1 Å². The smallest absolute Gasteiger partial charge is 0.125 e. The van der Waals surface area contributed by atoms with Gasteiger partial charge >= 0.3 is 0 Å². The van der Waals surface area contributed by atoms with Gasteiger partial charge in [0.05, 0.1) is 11.0 Å². The highest BCUT2D eigenvalue weighted by Crippen LogP contribution is 2.29. The monoisotopic (exact) mass is 219 g/mol. The second-order valence-electron chi connectivity index (χ2n) is 4.73. The molecule has 84 valence electrons. The average Bonchev–Trinajstić information content (AvgIpc) is 2.84. The van der Waals surface area contributed by atoms with E-state index in [1.807, 2.05) is 0 Å². The van der Waals surface area contributed by atoms with Gasteiger partial charge in [0.25, 0.3) is 0 Å². The zero-order chi connectivity index (χ0) is 11.2. The van der Waals surface area contributed by atoms with Crippen LogP contribution < -0.4 is 5.32 Å². The Morgan fingerprint density at radius 3 is 3.06 bits per heavy atom. The molecular weight excluding hydrogens is 205 g/mol. The normalized spacial score (nSPS) is 25.4. The van der Waals surface area contributed by atoms with Crippen LogP contribution in [0, 0.1) is 5.82 Å². The molecule has 2 heterocycles. The van der Waals surface area contributed by atoms with E-state index in [0.29, 0.717) is 0 Å². The first-order valence-corrected chi connectivity index (χ1v) is 5.54. The van der Waals surface area contributed by atoms with Crippen molar-refractivity contribution in [1.82, 2.24) is 15.3 Å². The number of hydrogen-bond acceptors (Lipinski definition) is 2. The lowest BCUT2D eigenvalue weighted by Crippen LogP contribution is -2.26. The molecule has 1 aliphatic heterocycles. The van der Waals surface area contributed by atoms with E-state index in [1.165, 1.54) is 12.1 Å². The third-order valence-corrected chi connectivity index (χ3v) is 3.38. The highest BCUT2D eigenvalue weighted by Gasteiger charge is 2.33. The van der Waals surface area contributed by atoms with Crippen molar-refractivity contribution < 1.29 is 4.39 Å². The molecule has 1 aromatic carbocycles. The summed E-state index contributed by atoms with van der Waals surface area (Å²) in [5, 5.41) is 3.33. The van der Waals surface area contributed by atoms with Crippen LogP contribution in [-0.4, -0.2) is 23.1 Å². The molecule has 1 aromatic heterocycles. The van der Waals surface area contributed by atoms with Gasteiger partial charge in [-0.1, -0.05) is 6.92 Å². The summed E-state index contributed by atoms with van der Waals surface area (Å²) in [7, 11) is 0. The highest BCUT2D eigenvalue weighted by atomic mass is 19.1. The number of nitrogens with one attached hydrogen (secondary N) is 2. The minimum atomic E-state index is -0.225. The van der Waals surface area contributed by atoms with Crippen LogP contribution in [0.2, 0.25) is 0 Å². The van der Waals surface area contributed by atoms with E-state index in [9.17, 15) is 4.39 Å². The Hall–Kier alpha value is -1.42. The molecule has 2 N–H and O–H groups in total. The predicted octanol–water partition coefficient (Wildman–Crippen LogP) is 1.95. The Balaban J connectivity index is 2.11. The van der Waals surface area contributed by atoms with Crippen LogP contribution in [0.1, 0.15) is 19.2 Å². The lowest BCUT2D eigenvalue weighted by molar-refractivity contribution is 0.496. The van der Waals surface area contributed by atoms with Crippen LogP contribution in [0.15, 0.2) is 18.2 Å². The van der Waals surface area contributed by atoms with E-state index in [4.69, 9.17) is 0 Å². The Kier molecular flexibility index (Phi) is 2.01. The zero-order valence-electron chi connectivity index (χ0n) is 9.18. The van der Waals surface area contributed by atoms with Crippen molar-refractivity contribution in [3.05, 3.63) is 29.8 Å². The Morgan fingerprint density at radius 2 is 2.31 bits per heavy atom. The fourth-order valence-corrected chi connectivity index (χ4v) is 2.29. The predicted molar refractivity (Wildman–Crippen MR) is 60.9 cm³/mol. The van der Waals surface area contributed by atoms with Crippen molar-refractivity contribution in [1.29, 1.82) is 0 Å². The minimum absolute atomic E-state index is 0.0511. The van der Waals surface area contributed by atoms with Crippen LogP contribution in [0.25, 0.3) is 11.0 Å². The fourth-order valence-electron chi connectivity index (χ4n) is 2.29. The van der Waals surface area contributed by atoms with Crippen molar-refractivity contribution in [2.45, 2.75) is 18.8 Å². The minimum Gasteiger partial charge on any atom is -0.341 e. The zero-order valence-corrected chi connectivity index (χ0v) is 9.18. The molecule has 0 bridgehead atoms. The summed E-state index contributed by atoms with van der Waals surface area (Å²) in [6, 6.07) is 4.66. The summed E-state index contributed by atoms with van der Waals surface area (Å²) in [4.78, 5) is 7.77. The number of benzene rings is 1. The Labute approximate surface area is 93.1 Å². The van der Waals surface area contributed by atoms with Crippen molar-refractivity contribution >= 4 is 11.0 Å². The molecule has 0 saturated carbocycles. The average molecular weight is 219 g/mol. The fraction of sp³-hybridized carbons (Fsp3) is 0.417. The van der Waals surface area contributed by atoms with Crippen molar-refractivity contribution in [2.24, 2.45) is 0 Å². The maximum atomic E-state index is 13.1. The van der Waals surface area contributed by atoms with E-state index in [0.717, 1.165) is 36.4 Å². The topological polar surface area (TPSA) is 40.7 Å². The number of imidazole rings is 1. The van der Waals surface area contributed by atoms with Crippen LogP contribution in [-0.2, 0) is 5.41 Å². The van der Waals surface area contributed by atoms with Crippen LogP contribution >= 0.6 is 0 Å². The number of aromatic nitrogens is 2. The van der Waals surface area contributed by atoms with Gasteiger partial charge in [-0.2, -0.15) is 0 Å². The molecule has 2 aromatic rings. The summed E-state index contributed by atoms with van der Waals surface area (Å²) in [5.74, 6) is 0.732. The van der Waals surface area contributed by atoms with Crippen molar-refractivity contribution in [3.8, 4) is 0 Å². The summed E-state index contributed by atoms with van der Waals surface area (Å²) in [6.45, 7) is 4.12. The number of H-pyrrole nitrogens is 1. The summed E-state index contributed by atoms with van der Waals surface area (Å²) in [6.07, 6.45) is 1.06. The summed E-state index contributed by atoms with van der Waals surface area (Å²) in [5.41, 5.74) is 1.67. The van der Waals surface area contributed by atoms with E-state index in [2.05, 4.69) is 22.2 Å². The molecule has 3 nitrogen and oxygen atoms in total. The Bertz CT molecular complexity index is 526. The maximum absolute atomic E-state index is 13.1. The molecule has 1 atom stereocenters. The molecule has 0 amide bonds. The van der Waals surface area contributed by atoms with Crippen LogP contribution in [0.5, 0.6) is 0 Å². The Morgan fingerprint density at radius 1 is 1.44 bits per heavy atom. The first-order chi connectivity index (χ1) is 7.67. The number of halogens is 1. The number of aromatic amines is 1. The molecule has 0 radical (unpaired) electrons.